The molecule has 23 heavy (non-hydrogen) atoms. The van der Waals surface area contributed by atoms with Gasteiger partial charge in [-0.05, 0) is 43.4 Å². The number of rotatable bonds is 4. The van der Waals surface area contributed by atoms with E-state index in [0.717, 1.165) is 0 Å². The second-order valence-electron chi connectivity index (χ2n) is 5.64. The molecule has 2 rings (SSSR count). The van der Waals surface area contributed by atoms with Gasteiger partial charge in [-0.25, -0.2) is 9.18 Å². The third kappa shape index (κ3) is 4.68. The van der Waals surface area contributed by atoms with Gasteiger partial charge in [0, 0.05) is 12.6 Å². The van der Waals surface area contributed by atoms with E-state index in [9.17, 15) is 14.0 Å². The Balaban J connectivity index is 1.77. The van der Waals surface area contributed by atoms with Crippen molar-refractivity contribution in [3.63, 3.8) is 0 Å². The first kappa shape index (κ1) is 16.7. The van der Waals surface area contributed by atoms with Crippen LogP contribution in [0, 0.1) is 23.1 Å². The quantitative estimate of drug-likeness (QED) is 0.791. The smallest absolute Gasteiger partial charge is 0.315 e. The van der Waals surface area contributed by atoms with Crippen LogP contribution in [0.4, 0.5) is 9.18 Å². The van der Waals surface area contributed by atoms with Crippen LogP contribution in [0.5, 0.6) is 0 Å². The van der Waals surface area contributed by atoms with Crippen molar-refractivity contribution >= 4 is 12.0 Å². The van der Waals surface area contributed by atoms with Crippen molar-refractivity contribution < 1.29 is 19.1 Å². The molecule has 2 amide bonds. The van der Waals surface area contributed by atoms with Crippen LogP contribution in [0.3, 0.4) is 0 Å². The third-order valence-corrected chi connectivity index (χ3v) is 4.02. The molecular formula is C16H18FN3O3. The van der Waals surface area contributed by atoms with Gasteiger partial charge in [0.05, 0.1) is 11.5 Å². The highest BCUT2D eigenvalue weighted by atomic mass is 19.1. The Hall–Kier alpha value is -2.62. The highest BCUT2D eigenvalue weighted by Crippen LogP contribution is 2.24. The average Bonchev–Trinajstić information content (AvgIpc) is 2.53. The molecule has 3 N–H and O–H groups in total. The number of hydrogen-bond donors (Lipinski definition) is 3. The molecule has 1 saturated carbocycles. The number of nitrogens with one attached hydrogen (secondary N) is 2. The summed E-state index contributed by atoms with van der Waals surface area (Å²) < 4.78 is 13.5. The van der Waals surface area contributed by atoms with Crippen molar-refractivity contribution in [2.45, 2.75) is 38.3 Å². The minimum Gasteiger partial charge on any atom is -0.481 e. The number of benzene rings is 1. The van der Waals surface area contributed by atoms with Gasteiger partial charge in [-0.1, -0.05) is 6.07 Å². The molecule has 1 fully saturated rings. The van der Waals surface area contributed by atoms with Gasteiger partial charge >= 0.3 is 12.0 Å². The maximum absolute atomic E-state index is 13.5. The number of hydrogen-bond acceptors (Lipinski definition) is 3. The zero-order valence-electron chi connectivity index (χ0n) is 12.5. The second kappa shape index (κ2) is 7.58. The summed E-state index contributed by atoms with van der Waals surface area (Å²) in [6.45, 7) is 0.152. The summed E-state index contributed by atoms with van der Waals surface area (Å²) in [5.41, 5.74) is 0.527. The maximum Gasteiger partial charge on any atom is 0.315 e. The van der Waals surface area contributed by atoms with E-state index in [0.29, 0.717) is 31.2 Å². The summed E-state index contributed by atoms with van der Waals surface area (Å²) in [6.07, 6.45) is 2.38. The molecule has 0 atom stereocenters. The molecule has 0 spiro atoms. The minimum atomic E-state index is -0.782. The molecule has 0 bridgehead atoms. The lowest BCUT2D eigenvalue weighted by Gasteiger charge is -2.26. The molecule has 1 aliphatic rings. The van der Waals surface area contributed by atoms with E-state index in [-0.39, 0.29) is 30.1 Å². The number of carboxylic acids is 1. The number of amides is 2. The van der Waals surface area contributed by atoms with E-state index in [1.807, 2.05) is 0 Å². The standard InChI is InChI=1S/C16H18FN3O3/c17-14-7-10(1-2-12(14)8-18)9-19-16(23)20-13-5-3-11(4-6-13)15(21)22/h1-2,7,11,13H,3-6,9H2,(H,21,22)(H2,19,20,23). The van der Waals surface area contributed by atoms with Crippen LogP contribution in [0.2, 0.25) is 0 Å². The lowest BCUT2D eigenvalue weighted by atomic mass is 9.86. The Morgan fingerprint density at radius 2 is 2.00 bits per heavy atom. The van der Waals surface area contributed by atoms with E-state index in [1.165, 1.54) is 12.1 Å². The van der Waals surface area contributed by atoms with E-state index in [1.54, 1.807) is 12.1 Å². The fourth-order valence-corrected chi connectivity index (χ4v) is 2.66. The van der Waals surface area contributed by atoms with E-state index >= 15 is 0 Å². The summed E-state index contributed by atoms with van der Waals surface area (Å²) in [4.78, 5) is 22.7. The number of aliphatic carboxylic acids is 1. The molecule has 0 heterocycles. The van der Waals surface area contributed by atoms with E-state index in [4.69, 9.17) is 10.4 Å². The van der Waals surface area contributed by atoms with Crippen molar-refractivity contribution in [1.29, 1.82) is 5.26 Å². The fourth-order valence-electron chi connectivity index (χ4n) is 2.66. The monoisotopic (exact) mass is 319 g/mol. The van der Waals surface area contributed by atoms with Crippen molar-refractivity contribution in [3.8, 4) is 6.07 Å². The van der Waals surface area contributed by atoms with Crippen LogP contribution in [0.25, 0.3) is 0 Å². The Kier molecular flexibility index (Phi) is 5.52. The molecule has 1 aliphatic carbocycles. The molecule has 0 radical (unpaired) electrons. The normalized spacial score (nSPS) is 20.3. The summed E-state index contributed by atoms with van der Waals surface area (Å²) in [5, 5.41) is 23.0. The van der Waals surface area contributed by atoms with Gasteiger partial charge < -0.3 is 15.7 Å². The van der Waals surface area contributed by atoms with E-state index < -0.39 is 11.8 Å². The third-order valence-electron chi connectivity index (χ3n) is 4.02. The number of carbonyl (C=O) groups excluding carboxylic acids is 1. The maximum atomic E-state index is 13.5. The average molecular weight is 319 g/mol. The number of carbonyl (C=O) groups is 2. The second-order valence-corrected chi connectivity index (χ2v) is 5.64. The first-order valence-corrected chi connectivity index (χ1v) is 7.45. The van der Waals surface area contributed by atoms with Crippen LogP contribution in [-0.2, 0) is 11.3 Å². The molecule has 0 saturated heterocycles. The van der Waals surface area contributed by atoms with Crippen molar-refractivity contribution in [3.05, 3.63) is 35.1 Å². The molecule has 6 nitrogen and oxygen atoms in total. The largest absolute Gasteiger partial charge is 0.481 e. The number of urea groups is 1. The van der Waals surface area contributed by atoms with Crippen LogP contribution in [-0.4, -0.2) is 23.1 Å². The van der Waals surface area contributed by atoms with Crippen molar-refractivity contribution in [1.82, 2.24) is 10.6 Å². The Morgan fingerprint density at radius 1 is 1.30 bits per heavy atom. The topological polar surface area (TPSA) is 102 Å². The molecule has 1 aromatic carbocycles. The van der Waals surface area contributed by atoms with Gasteiger partial charge in [0.1, 0.15) is 11.9 Å². The molecule has 122 valence electrons. The van der Waals surface area contributed by atoms with Gasteiger partial charge in [0.15, 0.2) is 0 Å². The van der Waals surface area contributed by atoms with Gasteiger partial charge in [-0.3, -0.25) is 4.79 Å². The Morgan fingerprint density at radius 3 is 2.57 bits per heavy atom. The van der Waals surface area contributed by atoms with Crippen LogP contribution in [0.15, 0.2) is 18.2 Å². The summed E-state index contributed by atoms with van der Waals surface area (Å²) in [6, 6.07) is 5.51. The first-order valence-electron chi connectivity index (χ1n) is 7.45. The number of carboxylic acid groups (broad SMARTS) is 1. The molecule has 0 aliphatic heterocycles. The van der Waals surface area contributed by atoms with Crippen molar-refractivity contribution in [2.24, 2.45) is 5.92 Å². The van der Waals surface area contributed by atoms with Gasteiger partial charge in [0.25, 0.3) is 0 Å². The zero-order valence-corrected chi connectivity index (χ0v) is 12.5. The highest BCUT2D eigenvalue weighted by molar-refractivity contribution is 5.74. The molecule has 7 heteroatoms. The highest BCUT2D eigenvalue weighted by Gasteiger charge is 2.26. The fraction of sp³-hybridized carbons (Fsp3) is 0.438. The van der Waals surface area contributed by atoms with Crippen LogP contribution in [0.1, 0.15) is 36.8 Å². The van der Waals surface area contributed by atoms with Crippen LogP contribution >= 0.6 is 0 Å². The Labute approximate surface area is 133 Å². The molecule has 0 aromatic heterocycles. The number of halogens is 1. The number of nitriles is 1. The molecular weight excluding hydrogens is 301 g/mol. The SMILES string of the molecule is N#Cc1ccc(CNC(=O)NC2CCC(C(=O)O)CC2)cc1F. The van der Waals surface area contributed by atoms with Gasteiger partial charge in [0.2, 0.25) is 0 Å². The van der Waals surface area contributed by atoms with Crippen molar-refractivity contribution in [2.75, 3.05) is 0 Å². The number of nitrogens with zero attached hydrogens (tertiary/aromatic N) is 1. The predicted molar refractivity (Wildman–Crippen MR) is 79.9 cm³/mol. The summed E-state index contributed by atoms with van der Waals surface area (Å²) in [5.74, 6) is -1.72. The van der Waals surface area contributed by atoms with Gasteiger partial charge in [-0.15, -0.1) is 0 Å². The Bertz CT molecular complexity index is 634. The summed E-state index contributed by atoms with van der Waals surface area (Å²) in [7, 11) is 0. The molecule has 0 unspecified atom stereocenters. The lowest BCUT2D eigenvalue weighted by molar-refractivity contribution is -0.142. The molecule has 1 aromatic rings. The minimum absolute atomic E-state index is 0.0339. The van der Waals surface area contributed by atoms with Crippen LogP contribution < -0.4 is 10.6 Å². The lowest BCUT2D eigenvalue weighted by Crippen LogP contribution is -2.43. The van der Waals surface area contributed by atoms with Gasteiger partial charge in [-0.2, -0.15) is 5.26 Å². The predicted octanol–water partition coefficient (Wildman–Crippen LogP) is 2.14. The first-order chi connectivity index (χ1) is 11.0. The van der Waals surface area contributed by atoms with E-state index in [2.05, 4.69) is 10.6 Å². The summed E-state index contributed by atoms with van der Waals surface area (Å²) >= 11 is 0. The zero-order chi connectivity index (χ0) is 16.8.